The molecule has 0 aliphatic heterocycles. The molecule has 0 saturated heterocycles. The van der Waals surface area contributed by atoms with E-state index in [9.17, 15) is 0 Å². The zero-order valence-electron chi connectivity index (χ0n) is 7.95. The Labute approximate surface area is 79.4 Å². The van der Waals surface area contributed by atoms with E-state index < -0.39 is 0 Å². The Morgan fingerprint density at radius 2 is 1.54 bits per heavy atom. The molecule has 5 aliphatic rings. The number of allylic oxidation sites excluding steroid dienone is 2. The highest BCUT2D eigenvalue weighted by molar-refractivity contribution is 5.34. The fraction of sp³-hybridized carbons (Fsp3) is 0.846. The van der Waals surface area contributed by atoms with E-state index in [4.69, 9.17) is 0 Å². The number of rotatable bonds is 0. The lowest BCUT2D eigenvalue weighted by Gasteiger charge is -2.36. The van der Waals surface area contributed by atoms with Crippen LogP contribution in [0.4, 0.5) is 0 Å². The SMILES string of the molecule is C1=C[C@H]2C[C@@H]1[C@H]1[C@@H]2[C@H]2[C@@H]1C21CCC1. The standard InChI is InChI=1S/C13H16/c1-4-13(5-1)11-9-7-2-3-8(6-7)10(9)12(11)13/h2-3,7-12H,1,4-6H2/t7-,8+,9+,10-,11-,12+. The van der Waals surface area contributed by atoms with Crippen LogP contribution in [-0.4, -0.2) is 0 Å². The molecule has 6 atom stereocenters. The summed E-state index contributed by atoms with van der Waals surface area (Å²) >= 11 is 0. The van der Waals surface area contributed by atoms with Crippen LogP contribution in [0.1, 0.15) is 25.7 Å². The number of hydrogen-bond acceptors (Lipinski definition) is 0. The van der Waals surface area contributed by atoms with Crippen molar-refractivity contribution in [2.24, 2.45) is 40.9 Å². The molecule has 0 heterocycles. The summed E-state index contributed by atoms with van der Waals surface area (Å²) in [7, 11) is 0. The van der Waals surface area contributed by atoms with Gasteiger partial charge in [-0.1, -0.05) is 18.6 Å². The van der Waals surface area contributed by atoms with Gasteiger partial charge < -0.3 is 0 Å². The minimum Gasteiger partial charge on any atom is -0.0848 e. The Hall–Kier alpha value is -0.260. The summed E-state index contributed by atoms with van der Waals surface area (Å²) in [6.45, 7) is 0. The molecule has 0 nitrogen and oxygen atoms in total. The summed E-state index contributed by atoms with van der Waals surface area (Å²) in [4.78, 5) is 0. The quantitative estimate of drug-likeness (QED) is 0.389. The first kappa shape index (κ1) is 6.27. The van der Waals surface area contributed by atoms with Gasteiger partial charge in [-0.3, -0.25) is 0 Å². The highest BCUT2D eigenvalue weighted by Crippen LogP contribution is 2.88. The van der Waals surface area contributed by atoms with Gasteiger partial charge in [-0.2, -0.15) is 0 Å². The van der Waals surface area contributed by atoms with Crippen molar-refractivity contribution < 1.29 is 0 Å². The lowest BCUT2D eigenvalue weighted by Crippen LogP contribution is -2.32. The van der Waals surface area contributed by atoms with Crippen LogP contribution in [0, 0.1) is 40.9 Å². The van der Waals surface area contributed by atoms with Crippen molar-refractivity contribution in [2.75, 3.05) is 0 Å². The molecule has 0 N–H and O–H groups in total. The molecule has 0 unspecified atom stereocenters. The highest BCUT2D eigenvalue weighted by atomic mass is 14.9. The molecular formula is C13H16. The second kappa shape index (κ2) is 1.53. The van der Waals surface area contributed by atoms with E-state index >= 15 is 0 Å². The molecule has 0 heteroatoms. The van der Waals surface area contributed by atoms with E-state index in [0.29, 0.717) is 0 Å². The van der Waals surface area contributed by atoms with Crippen molar-refractivity contribution in [3.05, 3.63) is 12.2 Å². The molecule has 4 fully saturated rings. The molecule has 0 aromatic rings. The smallest absolute Gasteiger partial charge is 0.0193 e. The van der Waals surface area contributed by atoms with Gasteiger partial charge in [0.05, 0.1) is 0 Å². The third-order valence-corrected chi connectivity index (χ3v) is 6.30. The third-order valence-electron chi connectivity index (χ3n) is 6.30. The van der Waals surface area contributed by atoms with Gasteiger partial charge in [0.2, 0.25) is 0 Å². The first-order chi connectivity index (χ1) is 6.42. The molecule has 68 valence electrons. The van der Waals surface area contributed by atoms with Crippen molar-refractivity contribution in [1.29, 1.82) is 0 Å². The Morgan fingerprint density at radius 1 is 0.923 bits per heavy atom. The normalized spacial score (nSPS) is 67.1. The predicted molar refractivity (Wildman–Crippen MR) is 51.0 cm³/mol. The average molecular weight is 172 g/mol. The molecule has 2 bridgehead atoms. The Kier molecular flexibility index (Phi) is 0.738. The summed E-state index contributed by atoms with van der Waals surface area (Å²) in [5.74, 6) is 6.89. The van der Waals surface area contributed by atoms with Gasteiger partial charge >= 0.3 is 0 Å². The van der Waals surface area contributed by atoms with E-state index in [1.807, 2.05) is 0 Å². The van der Waals surface area contributed by atoms with Gasteiger partial charge in [0.1, 0.15) is 0 Å². The summed E-state index contributed by atoms with van der Waals surface area (Å²) in [5, 5.41) is 0. The van der Waals surface area contributed by atoms with Gasteiger partial charge in [-0.25, -0.2) is 0 Å². The van der Waals surface area contributed by atoms with Gasteiger partial charge in [0, 0.05) is 0 Å². The maximum atomic E-state index is 2.55. The summed E-state index contributed by atoms with van der Waals surface area (Å²) in [6.07, 6.45) is 11.4. The average Bonchev–Trinajstić information content (AvgIpc) is 2.38. The molecular weight excluding hydrogens is 156 g/mol. The first-order valence-corrected chi connectivity index (χ1v) is 6.10. The summed E-state index contributed by atoms with van der Waals surface area (Å²) in [5.41, 5.74) is 0.957. The fourth-order valence-electron chi connectivity index (χ4n) is 5.82. The van der Waals surface area contributed by atoms with Crippen molar-refractivity contribution in [1.82, 2.24) is 0 Å². The van der Waals surface area contributed by atoms with Gasteiger partial charge in [-0.15, -0.1) is 0 Å². The molecule has 4 saturated carbocycles. The molecule has 1 spiro atoms. The van der Waals surface area contributed by atoms with E-state index in [-0.39, 0.29) is 0 Å². The van der Waals surface area contributed by atoms with Crippen LogP contribution in [0.3, 0.4) is 0 Å². The molecule has 5 rings (SSSR count). The van der Waals surface area contributed by atoms with E-state index in [1.54, 1.807) is 25.7 Å². The zero-order chi connectivity index (χ0) is 8.21. The second-order valence-corrected chi connectivity index (χ2v) is 6.24. The summed E-state index contributed by atoms with van der Waals surface area (Å²) < 4.78 is 0. The maximum Gasteiger partial charge on any atom is -0.0193 e. The Balaban J connectivity index is 1.59. The highest BCUT2D eigenvalue weighted by Gasteiger charge is 2.82. The van der Waals surface area contributed by atoms with Crippen LogP contribution >= 0.6 is 0 Å². The molecule has 0 aromatic heterocycles. The Morgan fingerprint density at radius 3 is 2.00 bits per heavy atom. The minimum absolute atomic E-state index is 0.957. The monoisotopic (exact) mass is 172 g/mol. The second-order valence-electron chi connectivity index (χ2n) is 6.24. The molecule has 0 radical (unpaired) electrons. The number of fused-ring (bicyclic) bond motifs is 10. The lowest BCUT2D eigenvalue weighted by atomic mass is 9.68. The molecule has 13 heavy (non-hydrogen) atoms. The van der Waals surface area contributed by atoms with Crippen LogP contribution in [0.2, 0.25) is 0 Å². The van der Waals surface area contributed by atoms with Crippen LogP contribution in [-0.2, 0) is 0 Å². The molecule has 5 aliphatic carbocycles. The van der Waals surface area contributed by atoms with Crippen LogP contribution in [0.5, 0.6) is 0 Å². The van der Waals surface area contributed by atoms with Crippen molar-refractivity contribution in [2.45, 2.75) is 25.7 Å². The maximum absolute atomic E-state index is 2.55. The van der Waals surface area contributed by atoms with Gasteiger partial charge in [0.25, 0.3) is 0 Å². The summed E-state index contributed by atoms with van der Waals surface area (Å²) in [6, 6.07) is 0. The van der Waals surface area contributed by atoms with E-state index in [1.165, 1.54) is 23.7 Å². The van der Waals surface area contributed by atoms with E-state index in [0.717, 1.165) is 17.3 Å². The largest absolute Gasteiger partial charge is 0.0848 e. The zero-order valence-corrected chi connectivity index (χ0v) is 7.95. The lowest BCUT2D eigenvalue weighted by molar-refractivity contribution is 0.140. The number of hydrogen-bond donors (Lipinski definition) is 0. The Bertz CT molecular complexity index is 297. The van der Waals surface area contributed by atoms with Crippen molar-refractivity contribution in [3.8, 4) is 0 Å². The first-order valence-electron chi connectivity index (χ1n) is 6.10. The van der Waals surface area contributed by atoms with Gasteiger partial charge in [-0.05, 0) is 60.2 Å². The van der Waals surface area contributed by atoms with Crippen molar-refractivity contribution in [3.63, 3.8) is 0 Å². The predicted octanol–water partition coefficient (Wildman–Crippen LogP) is 2.85. The topological polar surface area (TPSA) is 0 Å². The van der Waals surface area contributed by atoms with Crippen LogP contribution in [0.15, 0.2) is 12.2 Å². The minimum atomic E-state index is 0.957. The fourth-order valence-corrected chi connectivity index (χ4v) is 5.82. The van der Waals surface area contributed by atoms with Gasteiger partial charge in [0.15, 0.2) is 0 Å². The molecule has 0 aromatic carbocycles. The third kappa shape index (κ3) is 0.433. The molecule has 0 amide bonds. The van der Waals surface area contributed by atoms with Crippen LogP contribution in [0.25, 0.3) is 0 Å². The van der Waals surface area contributed by atoms with Crippen LogP contribution < -0.4 is 0 Å². The van der Waals surface area contributed by atoms with Crippen molar-refractivity contribution >= 4 is 0 Å². The van der Waals surface area contributed by atoms with E-state index in [2.05, 4.69) is 12.2 Å².